The van der Waals surface area contributed by atoms with E-state index in [1.807, 2.05) is 50.2 Å². The Bertz CT molecular complexity index is 1360. The van der Waals surface area contributed by atoms with Gasteiger partial charge in [-0.05, 0) is 69.2 Å². The average Bonchev–Trinajstić information content (AvgIpc) is 2.86. The first-order chi connectivity index (χ1) is 17.5. The lowest BCUT2D eigenvalue weighted by Gasteiger charge is -2.32. The molecule has 37 heavy (non-hydrogen) atoms. The van der Waals surface area contributed by atoms with Crippen molar-refractivity contribution < 1.29 is 18.0 Å². The van der Waals surface area contributed by atoms with Gasteiger partial charge in [0.25, 0.3) is 10.0 Å². The summed E-state index contributed by atoms with van der Waals surface area (Å²) in [7, 11) is -4.08. The number of amides is 2. The third-order valence-electron chi connectivity index (χ3n) is 5.99. The second-order valence-electron chi connectivity index (χ2n) is 8.84. The zero-order valence-electron chi connectivity index (χ0n) is 21.4. The third-order valence-corrected chi connectivity index (χ3v) is 8.26. The van der Waals surface area contributed by atoms with Gasteiger partial charge >= 0.3 is 0 Å². The maximum atomic E-state index is 13.9. The number of nitrogens with one attached hydrogen (secondary N) is 1. The molecule has 0 aliphatic carbocycles. The zero-order chi connectivity index (χ0) is 27.2. The predicted octanol–water partition coefficient (Wildman–Crippen LogP) is 4.81. The van der Waals surface area contributed by atoms with Gasteiger partial charge in [-0.15, -0.1) is 0 Å². The molecule has 0 saturated carbocycles. The molecule has 9 heteroatoms. The van der Waals surface area contributed by atoms with Crippen LogP contribution in [0.2, 0.25) is 0 Å². The van der Waals surface area contributed by atoms with Crippen molar-refractivity contribution >= 4 is 43.5 Å². The van der Waals surface area contributed by atoms with Crippen molar-refractivity contribution in [3.8, 4) is 0 Å². The third kappa shape index (κ3) is 6.99. The first-order valence-electron chi connectivity index (χ1n) is 12.0. The highest BCUT2D eigenvalue weighted by Crippen LogP contribution is 2.28. The number of benzene rings is 3. The molecule has 0 fully saturated rings. The quantitative estimate of drug-likeness (QED) is 0.370. The Balaban J connectivity index is 2.05. The van der Waals surface area contributed by atoms with Gasteiger partial charge in [0.1, 0.15) is 12.6 Å². The van der Waals surface area contributed by atoms with Crippen molar-refractivity contribution in [1.29, 1.82) is 0 Å². The molecule has 1 atom stereocenters. The Hall–Kier alpha value is -3.17. The predicted molar refractivity (Wildman–Crippen MR) is 150 cm³/mol. The summed E-state index contributed by atoms with van der Waals surface area (Å²) in [6, 6.07) is 20.1. The van der Waals surface area contributed by atoms with Crippen molar-refractivity contribution in [2.24, 2.45) is 0 Å². The highest BCUT2D eigenvalue weighted by molar-refractivity contribution is 9.10. The van der Waals surface area contributed by atoms with Gasteiger partial charge in [0.05, 0.1) is 10.6 Å². The van der Waals surface area contributed by atoms with Crippen molar-refractivity contribution in [3.63, 3.8) is 0 Å². The Morgan fingerprint density at radius 2 is 1.68 bits per heavy atom. The van der Waals surface area contributed by atoms with Crippen LogP contribution in [0.5, 0.6) is 0 Å². The molecule has 3 aromatic carbocycles. The van der Waals surface area contributed by atoms with Crippen molar-refractivity contribution in [3.05, 3.63) is 94.0 Å². The average molecular weight is 587 g/mol. The van der Waals surface area contributed by atoms with Crippen LogP contribution in [-0.2, 0) is 26.2 Å². The van der Waals surface area contributed by atoms with Crippen molar-refractivity contribution in [1.82, 2.24) is 10.2 Å². The van der Waals surface area contributed by atoms with Crippen LogP contribution in [0.1, 0.15) is 30.5 Å². The van der Waals surface area contributed by atoms with E-state index in [1.54, 1.807) is 38.1 Å². The Kier molecular flexibility index (Phi) is 9.50. The summed E-state index contributed by atoms with van der Waals surface area (Å²) in [5, 5.41) is 2.76. The van der Waals surface area contributed by atoms with Gasteiger partial charge < -0.3 is 10.2 Å². The van der Waals surface area contributed by atoms with E-state index in [1.165, 1.54) is 17.0 Å². The highest BCUT2D eigenvalue weighted by atomic mass is 79.9. The fraction of sp³-hybridized carbons (Fsp3) is 0.286. The molecule has 0 saturated heterocycles. The SMILES string of the molecule is CCNC(=O)[C@H](C)N(Cc1cccc(Br)c1)C(=O)CN(c1ccc(C)cc1C)S(=O)(=O)c1ccccc1. The van der Waals surface area contributed by atoms with Gasteiger partial charge in [-0.1, -0.05) is 64.0 Å². The van der Waals surface area contributed by atoms with Crippen LogP contribution < -0.4 is 9.62 Å². The van der Waals surface area contributed by atoms with Crippen LogP contribution in [0.3, 0.4) is 0 Å². The molecule has 0 heterocycles. The van der Waals surface area contributed by atoms with Crippen LogP contribution in [0.25, 0.3) is 0 Å². The summed E-state index contributed by atoms with van der Waals surface area (Å²) in [4.78, 5) is 28.1. The van der Waals surface area contributed by atoms with Gasteiger partial charge in [-0.3, -0.25) is 13.9 Å². The first-order valence-corrected chi connectivity index (χ1v) is 14.2. The van der Waals surface area contributed by atoms with Crippen molar-refractivity contribution in [2.75, 3.05) is 17.4 Å². The molecule has 2 amide bonds. The summed E-state index contributed by atoms with van der Waals surface area (Å²) in [6.07, 6.45) is 0. The molecule has 1 N–H and O–H groups in total. The zero-order valence-corrected chi connectivity index (χ0v) is 23.8. The molecule has 7 nitrogen and oxygen atoms in total. The first kappa shape index (κ1) is 28.4. The summed E-state index contributed by atoms with van der Waals surface area (Å²) >= 11 is 3.45. The minimum absolute atomic E-state index is 0.0816. The van der Waals surface area contributed by atoms with Gasteiger partial charge in [0.2, 0.25) is 11.8 Å². The van der Waals surface area contributed by atoms with Crippen molar-refractivity contribution in [2.45, 2.75) is 45.2 Å². The number of hydrogen-bond acceptors (Lipinski definition) is 4. The summed E-state index contributed by atoms with van der Waals surface area (Å²) in [6.45, 7) is 7.29. The second-order valence-corrected chi connectivity index (χ2v) is 11.6. The van der Waals surface area contributed by atoms with E-state index in [0.717, 1.165) is 25.5 Å². The second kappa shape index (κ2) is 12.4. The van der Waals surface area contributed by atoms with Crippen LogP contribution in [0.4, 0.5) is 5.69 Å². The molecular weight excluding hydrogens is 554 g/mol. The number of nitrogens with zero attached hydrogens (tertiary/aromatic N) is 2. The van der Waals surface area contributed by atoms with Crippen LogP contribution in [0.15, 0.2) is 82.2 Å². The number of halogens is 1. The number of anilines is 1. The molecule has 3 aromatic rings. The van der Waals surface area contributed by atoms with Crippen LogP contribution in [0, 0.1) is 13.8 Å². The van der Waals surface area contributed by atoms with Gasteiger partial charge in [0, 0.05) is 17.6 Å². The minimum atomic E-state index is -4.08. The molecule has 0 aliphatic rings. The maximum absolute atomic E-state index is 13.9. The maximum Gasteiger partial charge on any atom is 0.264 e. The van der Waals surface area contributed by atoms with E-state index >= 15 is 0 Å². The summed E-state index contributed by atoms with van der Waals surface area (Å²) < 4.78 is 29.6. The number of aryl methyl sites for hydroxylation is 2. The smallest absolute Gasteiger partial charge is 0.264 e. The lowest BCUT2D eigenvalue weighted by Crippen LogP contribution is -2.51. The molecular formula is C28H32BrN3O4S. The molecule has 0 spiro atoms. The Morgan fingerprint density at radius 1 is 0.973 bits per heavy atom. The Morgan fingerprint density at radius 3 is 2.30 bits per heavy atom. The normalized spacial score (nSPS) is 12.0. The molecule has 0 unspecified atom stereocenters. The number of hydrogen-bond donors (Lipinski definition) is 1. The Labute approximate surface area is 227 Å². The largest absolute Gasteiger partial charge is 0.355 e. The number of sulfonamides is 1. The van der Waals surface area contributed by atoms with E-state index in [2.05, 4.69) is 21.2 Å². The molecule has 3 rings (SSSR count). The fourth-order valence-electron chi connectivity index (χ4n) is 4.05. The molecule has 0 bridgehead atoms. The fourth-order valence-corrected chi connectivity index (χ4v) is 6.00. The molecule has 0 aliphatic heterocycles. The van der Waals surface area contributed by atoms with Gasteiger partial charge in [0.15, 0.2) is 0 Å². The van der Waals surface area contributed by atoms with E-state index in [9.17, 15) is 18.0 Å². The standard InChI is InChI=1S/C28H32BrN3O4S/c1-5-30-28(34)22(4)31(18-23-10-9-11-24(29)17-23)27(33)19-32(26-15-14-20(2)16-21(26)3)37(35,36)25-12-7-6-8-13-25/h6-17,22H,5,18-19H2,1-4H3,(H,30,34)/t22-/m0/s1. The van der Waals surface area contributed by atoms with E-state index in [4.69, 9.17) is 0 Å². The van der Waals surface area contributed by atoms with E-state index in [-0.39, 0.29) is 17.3 Å². The molecule has 0 aromatic heterocycles. The highest BCUT2D eigenvalue weighted by Gasteiger charge is 2.33. The number of likely N-dealkylation sites (N-methyl/N-ethyl adjacent to an activating group) is 1. The number of rotatable bonds is 10. The van der Waals surface area contributed by atoms with Crippen LogP contribution in [-0.4, -0.2) is 44.3 Å². The minimum Gasteiger partial charge on any atom is -0.355 e. The summed E-state index contributed by atoms with van der Waals surface area (Å²) in [5.41, 5.74) is 2.92. The van der Waals surface area contributed by atoms with Gasteiger partial charge in [-0.2, -0.15) is 0 Å². The van der Waals surface area contributed by atoms with E-state index < -0.39 is 28.5 Å². The monoisotopic (exact) mass is 585 g/mol. The lowest BCUT2D eigenvalue weighted by atomic mass is 10.1. The van der Waals surface area contributed by atoms with Gasteiger partial charge in [-0.25, -0.2) is 8.42 Å². The number of carbonyl (C=O) groups excluding carboxylic acids is 2. The number of carbonyl (C=O) groups is 2. The van der Waals surface area contributed by atoms with E-state index in [0.29, 0.717) is 12.2 Å². The molecule has 0 radical (unpaired) electrons. The topological polar surface area (TPSA) is 86.8 Å². The molecule has 196 valence electrons. The van der Waals surface area contributed by atoms with Crippen LogP contribution >= 0.6 is 15.9 Å². The summed E-state index contributed by atoms with van der Waals surface area (Å²) in [5.74, 6) is -0.798. The lowest BCUT2D eigenvalue weighted by molar-refractivity contribution is -0.139.